The van der Waals surface area contributed by atoms with E-state index in [1.54, 1.807) is 24.3 Å². The van der Waals surface area contributed by atoms with E-state index in [2.05, 4.69) is 5.32 Å². The first kappa shape index (κ1) is 20.9. The molecule has 1 heterocycles. The van der Waals surface area contributed by atoms with Gasteiger partial charge in [-0.25, -0.2) is 8.42 Å². The molecule has 0 saturated carbocycles. The standard InChI is InChI=1S/C19H21N3O6S/c23-19(15-5-7-18(8-6-15)22(24)25)20-13-16-3-1-2-4-17(16)14-29(26,27)21-9-11-28-12-10-21/h1-8H,9-14H2,(H,20,23). The van der Waals surface area contributed by atoms with Gasteiger partial charge in [0.25, 0.3) is 11.6 Å². The molecule has 0 spiro atoms. The van der Waals surface area contributed by atoms with Crippen LogP contribution in [0.2, 0.25) is 0 Å². The smallest absolute Gasteiger partial charge is 0.269 e. The van der Waals surface area contributed by atoms with Gasteiger partial charge in [-0.05, 0) is 23.3 Å². The van der Waals surface area contributed by atoms with Crippen LogP contribution in [-0.4, -0.2) is 49.9 Å². The van der Waals surface area contributed by atoms with Crippen LogP contribution in [0.15, 0.2) is 48.5 Å². The Morgan fingerprint density at radius 2 is 1.69 bits per heavy atom. The van der Waals surface area contributed by atoms with Crippen molar-refractivity contribution in [1.82, 2.24) is 9.62 Å². The summed E-state index contributed by atoms with van der Waals surface area (Å²) < 4.78 is 32.0. The van der Waals surface area contributed by atoms with Gasteiger partial charge in [0.15, 0.2) is 0 Å². The number of amides is 1. The van der Waals surface area contributed by atoms with E-state index in [0.717, 1.165) is 0 Å². The molecular weight excluding hydrogens is 398 g/mol. The molecule has 1 amide bonds. The number of nitro groups is 1. The molecule has 0 atom stereocenters. The molecule has 0 unspecified atom stereocenters. The Kier molecular flexibility index (Phi) is 6.57. The maximum atomic E-state index is 12.7. The third-order valence-corrected chi connectivity index (χ3v) is 6.43. The van der Waals surface area contributed by atoms with Crippen molar-refractivity contribution in [2.75, 3.05) is 26.3 Å². The summed E-state index contributed by atoms with van der Waals surface area (Å²) in [4.78, 5) is 22.5. The molecule has 1 N–H and O–H groups in total. The summed E-state index contributed by atoms with van der Waals surface area (Å²) in [6, 6.07) is 12.3. The summed E-state index contributed by atoms with van der Waals surface area (Å²) in [5, 5.41) is 13.4. The molecular formula is C19H21N3O6S. The first-order valence-electron chi connectivity index (χ1n) is 9.02. The predicted octanol–water partition coefficient (Wildman–Crippen LogP) is 1.69. The second kappa shape index (κ2) is 9.12. The fourth-order valence-corrected chi connectivity index (χ4v) is 4.56. The first-order valence-corrected chi connectivity index (χ1v) is 10.6. The molecule has 1 aliphatic heterocycles. The van der Waals surface area contributed by atoms with E-state index in [-0.39, 0.29) is 23.5 Å². The molecule has 3 rings (SSSR count). The minimum absolute atomic E-state index is 0.0970. The molecule has 2 aromatic carbocycles. The van der Waals surface area contributed by atoms with Gasteiger partial charge in [0, 0.05) is 37.3 Å². The first-order chi connectivity index (χ1) is 13.9. The van der Waals surface area contributed by atoms with Gasteiger partial charge in [-0.1, -0.05) is 24.3 Å². The van der Waals surface area contributed by atoms with Crippen LogP contribution in [0.25, 0.3) is 0 Å². The molecule has 0 aromatic heterocycles. The monoisotopic (exact) mass is 419 g/mol. The predicted molar refractivity (Wildman–Crippen MR) is 106 cm³/mol. The van der Waals surface area contributed by atoms with Crippen LogP contribution >= 0.6 is 0 Å². The van der Waals surface area contributed by atoms with E-state index >= 15 is 0 Å². The molecule has 9 nitrogen and oxygen atoms in total. The van der Waals surface area contributed by atoms with Crippen molar-refractivity contribution in [2.45, 2.75) is 12.3 Å². The highest BCUT2D eigenvalue weighted by Crippen LogP contribution is 2.17. The fourth-order valence-electron chi connectivity index (χ4n) is 3.00. The average Bonchev–Trinajstić information content (AvgIpc) is 2.73. The Morgan fingerprint density at radius 3 is 2.31 bits per heavy atom. The number of benzene rings is 2. The van der Waals surface area contributed by atoms with E-state index in [1.165, 1.54) is 28.6 Å². The van der Waals surface area contributed by atoms with E-state index in [1.807, 2.05) is 0 Å². The molecule has 1 fully saturated rings. The molecule has 154 valence electrons. The number of nitro benzene ring substituents is 1. The van der Waals surface area contributed by atoms with Gasteiger partial charge in [-0.15, -0.1) is 0 Å². The zero-order valence-electron chi connectivity index (χ0n) is 15.6. The third-order valence-electron chi connectivity index (χ3n) is 4.60. The van der Waals surface area contributed by atoms with Crippen molar-refractivity contribution >= 4 is 21.6 Å². The lowest BCUT2D eigenvalue weighted by atomic mass is 10.1. The number of carbonyl (C=O) groups is 1. The normalized spacial score (nSPS) is 15.0. The van der Waals surface area contributed by atoms with Crippen LogP contribution < -0.4 is 5.32 Å². The van der Waals surface area contributed by atoms with Crippen molar-refractivity contribution < 1.29 is 22.9 Å². The van der Waals surface area contributed by atoms with E-state index < -0.39 is 20.9 Å². The van der Waals surface area contributed by atoms with Crippen molar-refractivity contribution in [3.05, 3.63) is 75.3 Å². The number of morpholine rings is 1. The van der Waals surface area contributed by atoms with Gasteiger partial charge in [0.1, 0.15) is 0 Å². The second-order valence-corrected chi connectivity index (χ2v) is 8.49. The molecule has 1 aliphatic rings. The Hall–Kier alpha value is -2.82. The van der Waals surface area contributed by atoms with Crippen molar-refractivity contribution in [3.8, 4) is 0 Å². The lowest BCUT2D eigenvalue weighted by Crippen LogP contribution is -2.41. The minimum Gasteiger partial charge on any atom is -0.379 e. The minimum atomic E-state index is -3.49. The number of hydrogen-bond acceptors (Lipinski definition) is 6. The molecule has 10 heteroatoms. The number of ether oxygens (including phenoxy) is 1. The largest absolute Gasteiger partial charge is 0.379 e. The molecule has 0 radical (unpaired) electrons. The number of sulfonamides is 1. The maximum absolute atomic E-state index is 12.7. The lowest BCUT2D eigenvalue weighted by molar-refractivity contribution is -0.384. The quantitative estimate of drug-likeness (QED) is 0.539. The maximum Gasteiger partial charge on any atom is 0.269 e. The topological polar surface area (TPSA) is 119 Å². The Labute approximate surface area is 168 Å². The summed E-state index contributed by atoms with van der Waals surface area (Å²) in [5.41, 5.74) is 1.50. The van der Waals surface area contributed by atoms with Gasteiger partial charge < -0.3 is 10.1 Å². The summed E-state index contributed by atoms with van der Waals surface area (Å²) >= 11 is 0. The van der Waals surface area contributed by atoms with Crippen LogP contribution in [-0.2, 0) is 27.1 Å². The van der Waals surface area contributed by atoms with E-state index in [9.17, 15) is 23.3 Å². The molecule has 29 heavy (non-hydrogen) atoms. The van der Waals surface area contributed by atoms with E-state index in [0.29, 0.717) is 37.4 Å². The zero-order valence-corrected chi connectivity index (χ0v) is 16.4. The second-order valence-electron chi connectivity index (χ2n) is 6.52. The summed E-state index contributed by atoms with van der Waals surface area (Å²) in [5.74, 6) is -0.554. The highest BCUT2D eigenvalue weighted by Gasteiger charge is 2.25. The number of nitrogens with one attached hydrogen (secondary N) is 1. The van der Waals surface area contributed by atoms with Crippen LogP contribution in [0.5, 0.6) is 0 Å². The number of nitrogens with zero attached hydrogens (tertiary/aromatic N) is 2. The van der Waals surface area contributed by atoms with Crippen molar-refractivity contribution in [3.63, 3.8) is 0 Å². The number of carbonyl (C=O) groups excluding carboxylic acids is 1. The van der Waals surface area contributed by atoms with Crippen molar-refractivity contribution in [2.24, 2.45) is 0 Å². The molecule has 0 aliphatic carbocycles. The van der Waals surface area contributed by atoms with Crippen LogP contribution in [0.1, 0.15) is 21.5 Å². The zero-order chi connectivity index (χ0) is 20.9. The van der Waals surface area contributed by atoms with Gasteiger partial charge in [-0.3, -0.25) is 14.9 Å². The number of non-ortho nitro benzene ring substituents is 1. The number of rotatable bonds is 7. The van der Waals surface area contributed by atoms with Crippen molar-refractivity contribution in [1.29, 1.82) is 0 Å². The fraction of sp³-hybridized carbons (Fsp3) is 0.316. The molecule has 2 aromatic rings. The molecule has 0 bridgehead atoms. The SMILES string of the molecule is O=C(NCc1ccccc1CS(=O)(=O)N1CCOCC1)c1ccc([N+](=O)[O-])cc1. The van der Waals surface area contributed by atoms with Gasteiger partial charge in [0.05, 0.1) is 23.9 Å². The highest BCUT2D eigenvalue weighted by molar-refractivity contribution is 7.88. The van der Waals surface area contributed by atoms with Gasteiger partial charge >= 0.3 is 0 Å². The molecule has 1 saturated heterocycles. The summed E-state index contributed by atoms with van der Waals surface area (Å²) in [6.07, 6.45) is 0. The Bertz CT molecular complexity index is 985. The average molecular weight is 419 g/mol. The Morgan fingerprint density at radius 1 is 1.07 bits per heavy atom. The van der Waals surface area contributed by atoms with Crippen LogP contribution in [0.3, 0.4) is 0 Å². The number of hydrogen-bond donors (Lipinski definition) is 1. The summed E-state index contributed by atoms with van der Waals surface area (Å²) in [6.45, 7) is 1.58. The summed E-state index contributed by atoms with van der Waals surface area (Å²) in [7, 11) is -3.49. The van der Waals surface area contributed by atoms with Crippen LogP contribution in [0.4, 0.5) is 5.69 Å². The third kappa shape index (κ3) is 5.37. The van der Waals surface area contributed by atoms with Gasteiger partial charge in [0.2, 0.25) is 10.0 Å². The highest BCUT2D eigenvalue weighted by atomic mass is 32.2. The van der Waals surface area contributed by atoms with Crippen LogP contribution in [0, 0.1) is 10.1 Å². The van der Waals surface area contributed by atoms with Gasteiger partial charge in [-0.2, -0.15) is 4.31 Å². The van der Waals surface area contributed by atoms with E-state index in [4.69, 9.17) is 4.74 Å². The Balaban J connectivity index is 1.67. The lowest BCUT2D eigenvalue weighted by Gasteiger charge is -2.26.